The van der Waals surface area contributed by atoms with Gasteiger partial charge in [-0.1, -0.05) is 45.2 Å². The van der Waals surface area contributed by atoms with Crippen molar-refractivity contribution in [1.82, 2.24) is 4.57 Å². The molecular weight excluding hydrogens is 234 g/mol. The monoisotopic (exact) mass is 257 g/mol. The van der Waals surface area contributed by atoms with Gasteiger partial charge in [0.05, 0.1) is 0 Å². The first kappa shape index (κ1) is 13.9. The highest BCUT2D eigenvalue weighted by molar-refractivity contribution is 5.87. The highest BCUT2D eigenvalue weighted by Crippen LogP contribution is 2.21. The number of rotatable bonds is 7. The number of aromatic nitrogens is 1. The van der Waals surface area contributed by atoms with Gasteiger partial charge in [-0.15, -0.1) is 0 Å². The van der Waals surface area contributed by atoms with Crippen LogP contribution in [0, 0.1) is 5.92 Å². The molecule has 1 atom stereocenters. The second-order valence-electron chi connectivity index (χ2n) is 5.32. The van der Waals surface area contributed by atoms with Crippen LogP contribution in [-0.4, -0.2) is 10.9 Å². The number of benzene rings is 1. The minimum absolute atomic E-state index is 0.732. The van der Waals surface area contributed by atoms with Crippen molar-refractivity contribution in [3.05, 3.63) is 36.0 Å². The number of hydrogen-bond donors (Lipinski definition) is 0. The Balaban J connectivity index is 2.21. The number of hydrogen-bond acceptors (Lipinski definition) is 1. The SMILES string of the molecule is CCCCC(CC)Cn1ccc2ccc(C=O)cc21. The highest BCUT2D eigenvalue weighted by atomic mass is 16.1. The van der Waals surface area contributed by atoms with Crippen molar-refractivity contribution >= 4 is 17.2 Å². The van der Waals surface area contributed by atoms with Crippen molar-refractivity contribution in [2.75, 3.05) is 0 Å². The molecule has 2 nitrogen and oxygen atoms in total. The van der Waals surface area contributed by atoms with Crippen LogP contribution in [0.2, 0.25) is 0 Å². The normalized spacial score (nSPS) is 12.7. The zero-order valence-corrected chi connectivity index (χ0v) is 11.9. The fourth-order valence-corrected chi connectivity index (χ4v) is 2.63. The van der Waals surface area contributed by atoms with Gasteiger partial charge in [-0.05, 0) is 29.9 Å². The molecule has 0 aliphatic rings. The number of fused-ring (bicyclic) bond motifs is 1. The Hall–Kier alpha value is -1.57. The number of aldehydes is 1. The third-order valence-corrected chi connectivity index (χ3v) is 3.93. The minimum atomic E-state index is 0.732. The molecule has 102 valence electrons. The Labute approximate surface area is 115 Å². The summed E-state index contributed by atoms with van der Waals surface area (Å²) >= 11 is 0. The molecule has 0 aliphatic carbocycles. The van der Waals surface area contributed by atoms with Crippen LogP contribution >= 0.6 is 0 Å². The first-order valence-electron chi connectivity index (χ1n) is 7.32. The van der Waals surface area contributed by atoms with Gasteiger partial charge < -0.3 is 4.57 Å². The predicted molar refractivity (Wildman–Crippen MR) is 80.6 cm³/mol. The lowest BCUT2D eigenvalue weighted by atomic mass is 9.99. The summed E-state index contributed by atoms with van der Waals surface area (Å²) in [5.41, 5.74) is 1.94. The maximum Gasteiger partial charge on any atom is 0.150 e. The summed E-state index contributed by atoms with van der Waals surface area (Å²) in [6.45, 7) is 5.57. The molecule has 2 rings (SSSR count). The van der Waals surface area contributed by atoms with Crippen molar-refractivity contribution in [2.24, 2.45) is 5.92 Å². The van der Waals surface area contributed by atoms with Gasteiger partial charge in [0, 0.05) is 23.8 Å². The second kappa shape index (κ2) is 6.55. The van der Waals surface area contributed by atoms with Crippen molar-refractivity contribution in [3.8, 4) is 0 Å². The second-order valence-corrected chi connectivity index (χ2v) is 5.32. The molecule has 2 heteroatoms. The van der Waals surface area contributed by atoms with Crippen molar-refractivity contribution in [2.45, 2.75) is 46.1 Å². The van der Waals surface area contributed by atoms with Crippen LogP contribution in [0.3, 0.4) is 0 Å². The van der Waals surface area contributed by atoms with E-state index in [0.717, 1.165) is 24.3 Å². The van der Waals surface area contributed by atoms with E-state index in [9.17, 15) is 4.79 Å². The average Bonchev–Trinajstić information content (AvgIpc) is 2.85. The van der Waals surface area contributed by atoms with Gasteiger partial charge in [-0.3, -0.25) is 4.79 Å². The van der Waals surface area contributed by atoms with Crippen LogP contribution in [0.1, 0.15) is 49.9 Å². The number of carbonyl (C=O) groups is 1. The van der Waals surface area contributed by atoms with Gasteiger partial charge in [0.1, 0.15) is 6.29 Å². The smallest absolute Gasteiger partial charge is 0.150 e. The van der Waals surface area contributed by atoms with E-state index < -0.39 is 0 Å². The van der Waals surface area contributed by atoms with Crippen LogP contribution in [0.25, 0.3) is 10.9 Å². The number of carbonyl (C=O) groups excluding carboxylic acids is 1. The van der Waals surface area contributed by atoms with Crippen molar-refractivity contribution < 1.29 is 4.79 Å². The van der Waals surface area contributed by atoms with Crippen molar-refractivity contribution in [1.29, 1.82) is 0 Å². The quantitative estimate of drug-likeness (QED) is 0.661. The van der Waals surface area contributed by atoms with E-state index >= 15 is 0 Å². The first-order valence-corrected chi connectivity index (χ1v) is 7.32. The highest BCUT2D eigenvalue weighted by Gasteiger charge is 2.09. The van der Waals surface area contributed by atoms with Crippen LogP contribution in [0.15, 0.2) is 30.5 Å². The van der Waals surface area contributed by atoms with Gasteiger partial charge in [0.25, 0.3) is 0 Å². The Morgan fingerprint density at radius 3 is 2.79 bits per heavy atom. The molecule has 1 aromatic carbocycles. The number of unbranched alkanes of at least 4 members (excludes halogenated alkanes) is 1. The molecule has 1 aromatic heterocycles. The molecule has 0 fully saturated rings. The summed E-state index contributed by atoms with van der Waals surface area (Å²) in [6, 6.07) is 8.04. The molecule has 0 N–H and O–H groups in total. The van der Waals surface area contributed by atoms with Crippen LogP contribution in [0.5, 0.6) is 0 Å². The summed E-state index contributed by atoms with van der Waals surface area (Å²) in [5.74, 6) is 0.732. The van der Waals surface area contributed by atoms with Crippen LogP contribution < -0.4 is 0 Å². The third kappa shape index (κ3) is 3.25. The Bertz CT molecular complexity index is 541. The lowest BCUT2D eigenvalue weighted by molar-refractivity contribution is 0.112. The standard InChI is InChI=1S/C17H23NO/c1-3-5-6-14(4-2)12-18-10-9-16-8-7-15(13-19)11-17(16)18/h7-11,13-14H,3-6,12H2,1-2H3. The largest absolute Gasteiger partial charge is 0.347 e. The van der Waals surface area contributed by atoms with E-state index in [4.69, 9.17) is 0 Å². The molecule has 0 spiro atoms. The van der Waals surface area contributed by atoms with E-state index in [0.29, 0.717) is 0 Å². The summed E-state index contributed by atoms with van der Waals surface area (Å²) in [6.07, 6.45) is 8.14. The fourth-order valence-electron chi connectivity index (χ4n) is 2.63. The molecule has 0 amide bonds. The fraction of sp³-hybridized carbons (Fsp3) is 0.471. The van der Waals surface area contributed by atoms with Gasteiger partial charge >= 0.3 is 0 Å². The molecule has 0 radical (unpaired) electrons. The summed E-state index contributed by atoms with van der Waals surface area (Å²) in [4.78, 5) is 10.9. The lowest BCUT2D eigenvalue weighted by Crippen LogP contribution is -2.09. The molecule has 0 saturated heterocycles. The van der Waals surface area contributed by atoms with E-state index in [-0.39, 0.29) is 0 Å². The van der Waals surface area contributed by atoms with Crippen molar-refractivity contribution in [3.63, 3.8) is 0 Å². The summed E-state index contributed by atoms with van der Waals surface area (Å²) < 4.78 is 2.30. The molecule has 0 aliphatic heterocycles. The molecular formula is C17H23NO. The lowest BCUT2D eigenvalue weighted by Gasteiger charge is -2.16. The molecule has 0 saturated carbocycles. The van der Waals surface area contributed by atoms with Crippen LogP contribution in [-0.2, 0) is 6.54 Å². The van der Waals surface area contributed by atoms with Gasteiger partial charge in [0.2, 0.25) is 0 Å². The molecule has 0 bridgehead atoms. The topological polar surface area (TPSA) is 22.0 Å². The molecule has 1 unspecified atom stereocenters. The maximum atomic E-state index is 10.9. The summed E-state index contributed by atoms with van der Waals surface area (Å²) in [5, 5.41) is 1.22. The minimum Gasteiger partial charge on any atom is -0.347 e. The Morgan fingerprint density at radius 1 is 1.26 bits per heavy atom. The Morgan fingerprint density at radius 2 is 2.11 bits per heavy atom. The van der Waals surface area contributed by atoms with Gasteiger partial charge in [-0.25, -0.2) is 0 Å². The zero-order valence-electron chi connectivity index (χ0n) is 11.9. The zero-order chi connectivity index (χ0) is 13.7. The summed E-state index contributed by atoms with van der Waals surface area (Å²) in [7, 11) is 0. The van der Waals surface area contributed by atoms with E-state index in [2.05, 4.69) is 30.7 Å². The van der Waals surface area contributed by atoms with Crippen LogP contribution in [0.4, 0.5) is 0 Å². The molecule has 1 heterocycles. The molecule has 2 aromatic rings. The van der Waals surface area contributed by atoms with E-state index in [1.54, 1.807) is 0 Å². The average molecular weight is 257 g/mol. The van der Waals surface area contributed by atoms with E-state index in [1.165, 1.54) is 36.6 Å². The maximum absolute atomic E-state index is 10.9. The van der Waals surface area contributed by atoms with Gasteiger partial charge in [0.15, 0.2) is 0 Å². The van der Waals surface area contributed by atoms with E-state index in [1.807, 2.05) is 18.2 Å². The van der Waals surface area contributed by atoms with Gasteiger partial charge in [-0.2, -0.15) is 0 Å². The third-order valence-electron chi connectivity index (χ3n) is 3.93. The molecule has 19 heavy (non-hydrogen) atoms. The Kier molecular flexibility index (Phi) is 4.78. The predicted octanol–water partition coefficient (Wildman–Crippen LogP) is 4.67. The number of nitrogens with zero attached hydrogens (tertiary/aromatic N) is 1. The first-order chi connectivity index (χ1) is 9.28.